The topological polar surface area (TPSA) is 63.3 Å². The number of fused-ring (bicyclic) bond motifs is 1. The molecule has 1 aliphatic heterocycles. The fraction of sp³-hybridized carbons (Fsp3) is 0.333. The standard InChI is InChI=1S/C21H24N4O2/c26-21(23-12-20-6-3-9-27-20)10-18-14-24(13-17-4-1-7-22-11-17)16-19-5-2-8-25(19)15-18/h1-9,11,18H,10,12-16H2,(H,23,26). The highest BCUT2D eigenvalue weighted by Gasteiger charge is 2.23. The van der Waals surface area contributed by atoms with Gasteiger partial charge in [0.1, 0.15) is 5.76 Å². The van der Waals surface area contributed by atoms with Gasteiger partial charge in [0.25, 0.3) is 0 Å². The first kappa shape index (κ1) is 17.5. The van der Waals surface area contributed by atoms with Crippen LogP contribution in [0, 0.1) is 5.92 Å². The van der Waals surface area contributed by atoms with Crippen molar-refractivity contribution in [3.8, 4) is 0 Å². The lowest BCUT2D eigenvalue weighted by Crippen LogP contribution is -2.32. The molecule has 0 aromatic carbocycles. The number of nitrogens with zero attached hydrogens (tertiary/aromatic N) is 3. The Morgan fingerprint density at radius 2 is 2.19 bits per heavy atom. The molecular formula is C21H24N4O2. The molecule has 6 heteroatoms. The van der Waals surface area contributed by atoms with E-state index in [-0.39, 0.29) is 11.8 Å². The second kappa shape index (κ2) is 8.22. The molecular weight excluding hydrogens is 340 g/mol. The average molecular weight is 364 g/mol. The largest absolute Gasteiger partial charge is 0.467 e. The first-order valence-corrected chi connectivity index (χ1v) is 9.30. The minimum atomic E-state index is 0.0633. The third-order valence-electron chi connectivity index (χ3n) is 4.92. The van der Waals surface area contributed by atoms with Crippen molar-refractivity contribution in [2.24, 2.45) is 5.92 Å². The molecule has 4 rings (SSSR count). The maximum Gasteiger partial charge on any atom is 0.220 e. The Labute approximate surface area is 158 Å². The van der Waals surface area contributed by atoms with Crippen LogP contribution in [0.1, 0.15) is 23.4 Å². The molecule has 3 aromatic heterocycles. The van der Waals surface area contributed by atoms with Crippen molar-refractivity contribution in [1.29, 1.82) is 0 Å². The van der Waals surface area contributed by atoms with Gasteiger partial charge in [-0.15, -0.1) is 0 Å². The van der Waals surface area contributed by atoms with Crippen molar-refractivity contribution in [1.82, 2.24) is 19.8 Å². The van der Waals surface area contributed by atoms with Crippen molar-refractivity contribution < 1.29 is 9.21 Å². The van der Waals surface area contributed by atoms with Crippen LogP contribution in [-0.4, -0.2) is 26.9 Å². The fourth-order valence-electron chi connectivity index (χ4n) is 3.70. The SMILES string of the molecule is O=C(CC1CN(Cc2cccnc2)Cc2cccn2C1)NCc1ccco1. The highest BCUT2D eigenvalue weighted by Crippen LogP contribution is 2.21. The highest BCUT2D eigenvalue weighted by atomic mass is 16.3. The van der Waals surface area contributed by atoms with Crippen molar-refractivity contribution in [2.75, 3.05) is 6.54 Å². The summed E-state index contributed by atoms with van der Waals surface area (Å²) in [6.07, 6.45) is 7.94. The summed E-state index contributed by atoms with van der Waals surface area (Å²) in [6, 6.07) is 12.0. The van der Waals surface area contributed by atoms with E-state index in [4.69, 9.17) is 4.42 Å². The Hall–Kier alpha value is -2.86. The van der Waals surface area contributed by atoms with Gasteiger partial charge >= 0.3 is 0 Å². The molecule has 0 saturated carbocycles. The third-order valence-corrected chi connectivity index (χ3v) is 4.92. The molecule has 0 spiro atoms. The van der Waals surface area contributed by atoms with Crippen LogP contribution in [0.2, 0.25) is 0 Å². The summed E-state index contributed by atoms with van der Waals surface area (Å²) in [5.74, 6) is 1.09. The predicted octanol–water partition coefficient (Wildman–Crippen LogP) is 2.81. The molecule has 0 radical (unpaired) electrons. The van der Waals surface area contributed by atoms with Gasteiger partial charge in [-0.25, -0.2) is 0 Å². The molecule has 0 saturated heterocycles. The summed E-state index contributed by atoms with van der Waals surface area (Å²) in [5.41, 5.74) is 2.48. The fourth-order valence-corrected chi connectivity index (χ4v) is 3.70. The molecule has 140 valence electrons. The van der Waals surface area contributed by atoms with E-state index in [1.165, 1.54) is 11.3 Å². The van der Waals surface area contributed by atoms with E-state index in [9.17, 15) is 4.79 Å². The van der Waals surface area contributed by atoms with Gasteiger partial charge in [0.05, 0.1) is 12.8 Å². The number of aromatic nitrogens is 2. The Balaban J connectivity index is 1.41. The van der Waals surface area contributed by atoms with E-state index < -0.39 is 0 Å². The maximum absolute atomic E-state index is 12.4. The molecule has 1 aliphatic rings. The van der Waals surface area contributed by atoms with Crippen LogP contribution in [0.15, 0.2) is 65.7 Å². The molecule has 27 heavy (non-hydrogen) atoms. The zero-order valence-electron chi connectivity index (χ0n) is 15.3. The van der Waals surface area contributed by atoms with Gasteiger partial charge in [0.15, 0.2) is 0 Å². The molecule has 6 nitrogen and oxygen atoms in total. The second-order valence-electron chi connectivity index (χ2n) is 7.11. The van der Waals surface area contributed by atoms with E-state index in [0.29, 0.717) is 13.0 Å². The van der Waals surface area contributed by atoms with E-state index in [1.54, 1.807) is 12.5 Å². The Kier molecular flexibility index (Phi) is 5.34. The van der Waals surface area contributed by atoms with Crippen LogP contribution >= 0.6 is 0 Å². The molecule has 1 unspecified atom stereocenters. The van der Waals surface area contributed by atoms with Crippen LogP contribution in [0.5, 0.6) is 0 Å². The zero-order chi connectivity index (χ0) is 18.5. The lowest BCUT2D eigenvalue weighted by molar-refractivity contribution is -0.122. The molecule has 0 fully saturated rings. The summed E-state index contributed by atoms with van der Waals surface area (Å²) in [4.78, 5) is 19.1. The molecule has 1 N–H and O–H groups in total. The number of hydrogen-bond acceptors (Lipinski definition) is 4. The Morgan fingerprint density at radius 1 is 1.22 bits per heavy atom. The van der Waals surface area contributed by atoms with Crippen LogP contribution in [-0.2, 0) is 31.0 Å². The maximum atomic E-state index is 12.4. The number of pyridine rings is 1. The second-order valence-corrected chi connectivity index (χ2v) is 7.11. The predicted molar refractivity (Wildman–Crippen MR) is 101 cm³/mol. The van der Waals surface area contributed by atoms with E-state index in [0.717, 1.165) is 31.9 Å². The van der Waals surface area contributed by atoms with Crippen LogP contribution in [0.3, 0.4) is 0 Å². The number of furan rings is 1. The first-order chi connectivity index (χ1) is 13.3. The lowest BCUT2D eigenvalue weighted by Gasteiger charge is -2.23. The number of amides is 1. The van der Waals surface area contributed by atoms with Crippen molar-refractivity contribution >= 4 is 5.91 Å². The van der Waals surface area contributed by atoms with Gasteiger partial charge in [0, 0.05) is 56.9 Å². The summed E-state index contributed by atoms with van der Waals surface area (Å²) in [7, 11) is 0. The Morgan fingerprint density at radius 3 is 3.00 bits per heavy atom. The van der Waals surface area contributed by atoms with Gasteiger partial charge in [-0.2, -0.15) is 0 Å². The van der Waals surface area contributed by atoms with Crippen molar-refractivity contribution in [3.63, 3.8) is 0 Å². The van der Waals surface area contributed by atoms with E-state index in [2.05, 4.69) is 44.2 Å². The third kappa shape index (κ3) is 4.65. The van der Waals surface area contributed by atoms with Crippen LogP contribution < -0.4 is 5.32 Å². The average Bonchev–Trinajstić information content (AvgIpc) is 3.31. The molecule has 0 bridgehead atoms. The van der Waals surface area contributed by atoms with Crippen molar-refractivity contribution in [2.45, 2.75) is 32.6 Å². The lowest BCUT2D eigenvalue weighted by atomic mass is 10.0. The molecule has 0 aliphatic carbocycles. The number of carbonyl (C=O) groups is 1. The monoisotopic (exact) mass is 364 g/mol. The highest BCUT2D eigenvalue weighted by molar-refractivity contribution is 5.76. The number of carbonyl (C=O) groups excluding carboxylic acids is 1. The Bertz CT molecular complexity index is 857. The van der Waals surface area contributed by atoms with Gasteiger partial charge < -0.3 is 14.3 Å². The summed E-state index contributed by atoms with van der Waals surface area (Å²) in [5, 5.41) is 2.96. The number of nitrogens with one attached hydrogen (secondary N) is 1. The smallest absolute Gasteiger partial charge is 0.220 e. The van der Waals surface area contributed by atoms with Gasteiger partial charge in [-0.1, -0.05) is 6.07 Å². The molecule has 1 atom stereocenters. The molecule has 4 heterocycles. The minimum absolute atomic E-state index is 0.0633. The van der Waals surface area contributed by atoms with E-state index in [1.807, 2.05) is 24.4 Å². The number of hydrogen-bond donors (Lipinski definition) is 1. The normalized spacial score (nSPS) is 17.3. The quantitative estimate of drug-likeness (QED) is 0.731. The summed E-state index contributed by atoms with van der Waals surface area (Å²) < 4.78 is 7.55. The van der Waals surface area contributed by atoms with E-state index >= 15 is 0 Å². The first-order valence-electron chi connectivity index (χ1n) is 9.30. The molecule has 1 amide bonds. The van der Waals surface area contributed by atoms with Gasteiger partial charge in [-0.05, 0) is 41.8 Å². The van der Waals surface area contributed by atoms with Gasteiger partial charge in [-0.3, -0.25) is 14.7 Å². The minimum Gasteiger partial charge on any atom is -0.467 e. The zero-order valence-corrected chi connectivity index (χ0v) is 15.3. The number of rotatable bonds is 6. The summed E-state index contributed by atoms with van der Waals surface area (Å²) >= 11 is 0. The van der Waals surface area contributed by atoms with Gasteiger partial charge in [0.2, 0.25) is 5.91 Å². The summed E-state index contributed by atoms with van der Waals surface area (Å²) in [6.45, 7) is 3.90. The van der Waals surface area contributed by atoms with Crippen LogP contribution in [0.25, 0.3) is 0 Å². The molecule has 3 aromatic rings. The van der Waals surface area contributed by atoms with Crippen molar-refractivity contribution in [3.05, 3.63) is 78.3 Å². The van der Waals surface area contributed by atoms with Crippen LogP contribution in [0.4, 0.5) is 0 Å².